The minimum atomic E-state index is -0.271. The van der Waals surface area contributed by atoms with Gasteiger partial charge in [-0.3, -0.25) is 4.79 Å². The van der Waals surface area contributed by atoms with Crippen LogP contribution in [0.3, 0.4) is 0 Å². The van der Waals surface area contributed by atoms with Gasteiger partial charge in [0.1, 0.15) is 0 Å². The summed E-state index contributed by atoms with van der Waals surface area (Å²) in [7, 11) is 1.71. The van der Waals surface area contributed by atoms with Crippen LogP contribution in [0.2, 0.25) is 5.15 Å². The van der Waals surface area contributed by atoms with Crippen molar-refractivity contribution < 1.29 is 4.79 Å². The van der Waals surface area contributed by atoms with Crippen LogP contribution in [0.5, 0.6) is 0 Å². The Kier molecular flexibility index (Phi) is 3.79. The van der Waals surface area contributed by atoms with Crippen molar-refractivity contribution in [2.75, 3.05) is 12.4 Å². The molecule has 0 spiro atoms. The first-order chi connectivity index (χ1) is 6.63. The Labute approximate surface area is 86.9 Å². The molecule has 0 aliphatic heterocycles. The number of nitrogens with zero attached hydrogens (tertiary/aromatic N) is 2. The fourth-order valence-electron chi connectivity index (χ4n) is 0.748. The van der Waals surface area contributed by atoms with E-state index in [2.05, 4.69) is 20.8 Å². The molecule has 1 heterocycles. The average molecular weight is 215 g/mol. The maximum absolute atomic E-state index is 11.4. The van der Waals surface area contributed by atoms with Crippen molar-refractivity contribution in [2.24, 2.45) is 0 Å². The Balaban J connectivity index is 2.60. The maximum Gasteiger partial charge on any atom is 0.242 e. The summed E-state index contributed by atoms with van der Waals surface area (Å²) in [4.78, 5) is 11.4. The van der Waals surface area contributed by atoms with Gasteiger partial charge in [0.05, 0.1) is 6.04 Å². The summed E-state index contributed by atoms with van der Waals surface area (Å²) in [6, 6.07) is 2.89. The molecule has 14 heavy (non-hydrogen) atoms. The fourth-order valence-corrected chi connectivity index (χ4v) is 0.849. The normalized spacial score (nSPS) is 12.2. The number of nitrogens with one attached hydrogen (secondary N) is 2. The lowest BCUT2D eigenvalue weighted by Gasteiger charge is -2.09. The molecule has 0 radical (unpaired) electrons. The number of rotatable bonds is 3. The maximum atomic E-state index is 11.4. The van der Waals surface area contributed by atoms with Crippen LogP contribution in [0, 0.1) is 0 Å². The number of amides is 1. The molecule has 0 aromatic carbocycles. The van der Waals surface area contributed by atoms with E-state index in [9.17, 15) is 4.79 Å². The number of hydrogen-bond acceptors (Lipinski definition) is 4. The monoisotopic (exact) mass is 214 g/mol. The Morgan fingerprint density at radius 2 is 2.21 bits per heavy atom. The zero-order valence-electron chi connectivity index (χ0n) is 7.91. The van der Waals surface area contributed by atoms with Gasteiger partial charge in [-0.1, -0.05) is 11.6 Å². The molecule has 0 unspecified atom stereocenters. The molecule has 0 aliphatic carbocycles. The van der Waals surface area contributed by atoms with Gasteiger partial charge in [0.2, 0.25) is 5.91 Å². The Bertz CT molecular complexity index is 314. The van der Waals surface area contributed by atoms with Crippen LogP contribution in [-0.4, -0.2) is 29.2 Å². The molecule has 76 valence electrons. The summed E-state index contributed by atoms with van der Waals surface area (Å²) in [6.45, 7) is 1.75. The number of carbonyl (C=O) groups is 1. The van der Waals surface area contributed by atoms with Gasteiger partial charge in [-0.05, 0) is 26.1 Å². The van der Waals surface area contributed by atoms with Gasteiger partial charge in [0, 0.05) is 0 Å². The number of halogens is 1. The van der Waals surface area contributed by atoms with Crippen molar-refractivity contribution in [3.8, 4) is 0 Å². The van der Waals surface area contributed by atoms with Gasteiger partial charge in [-0.2, -0.15) is 0 Å². The van der Waals surface area contributed by atoms with E-state index in [4.69, 9.17) is 11.6 Å². The third-order valence-corrected chi connectivity index (χ3v) is 1.91. The quantitative estimate of drug-likeness (QED) is 0.777. The first-order valence-electron chi connectivity index (χ1n) is 4.11. The Morgan fingerprint density at radius 1 is 1.50 bits per heavy atom. The van der Waals surface area contributed by atoms with Gasteiger partial charge in [-0.15, -0.1) is 10.2 Å². The van der Waals surface area contributed by atoms with Crippen molar-refractivity contribution in [2.45, 2.75) is 13.0 Å². The number of likely N-dealkylation sites (N-methyl/N-ethyl adjacent to an activating group) is 1. The van der Waals surface area contributed by atoms with E-state index in [1.54, 1.807) is 26.1 Å². The summed E-state index contributed by atoms with van der Waals surface area (Å²) >= 11 is 5.54. The predicted molar refractivity (Wildman–Crippen MR) is 54.2 cm³/mol. The van der Waals surface area contributed by atoms with Crippen molar-refractivity contribution in [3.05, 3.63) is 17.3 Å². The molecule has 5 nitrogen and oxygen atoms in total. The van der Waals surface area contributed by atoms with E-state index >= 15 is 0 Å². The first-order valence-corrected chi connectivity index (χ1v) is 4.48. The first kappa shape index (κ1) is 10.9. The summed E-state index contributed by atoms with van der Waals surface area (Å²) in [5.74, 6) is 0.227. The molecule has 0 saturated heterocycles. The lowest BCUT2D eigenvalue weighted by atomic mass is 10.3. The van der Waals surface area contributed by atoms with Gasteiger partial charge >= 0.3 is 0 Å². The van der Waals surface area contributed by atoms with Crippen LogP contribution in [0.4, 0.5) is 5.82 Å². The summed E-state index contributed by atoms with van der Waals surface area (Å²) < 4.78 is 0. The molecule has 1 amide bonds. The number of anilines is 1. The molecule has 1 rings (SSSR count). The van der Waals surface area contributed by atoms with E-state index in [0.29, 0.717) is 11.0 Å². The zero-order chi connectivity index (χ0) is 10.6. The highest BCUT2D eigenvalue weighted by Crippen LogP contribution is 2.06. The smallest absolute Gasteiger partial charge is 0.242 e. The fraction of sp³-hybridized carbons (Fsp3) is 0.375. The number of aromatic nitrogens is 2. The van der Waals surface area contributed by atoms with E-state index in [1.807, 2.05) is 0 Å². The number of carbonyl (C=O) groups excluding carboxylic acids is 1. The van der Waals surface area contributed by atoms with E-state index in [1.165, 1.54) is 0 Å². The van der Waals surface area contributed by atoms with Crippen molar-refractivity contribution in [1.29, 1.82) is 0 Å². The van der Waals surface area contributed by atoms with Crippen molar-refractivity contribution >= 4 is 23.3 Å². The van der Waals surface area contributed by atoms with Crippen LogP contribution in [0.25, 0.3) is 0 Å². The van der Waals surface area contributed by atoms with Crippen LogP contribution in [0.15, 0.2) is 12.1 Å². The lowest BCUT2D eigenvalue weighted by Crippen LogP contribution is -2.35. The minimum absolute atomic E-state index is 0.163. The van der Waals surface area contributed by atoms with Gasteiger partial charge in [-0.25, -0.2) is 0 Å². The molecule has 0 bridgehead atoms. The molecule has 2 N–H and O–H groups in total. The van der Waals surface area contributed by atoms with Crippen molar-refractivity contribution in [3.63, 3.8) is 0 Å². The topological polar surface area (TPSA) is 66.9 Å². The molecule has 6 heteroatoms. The minimum Gasteiger partial charge on any atom is -0.309 e. The molecule has 1 atom stereocenters. The third kappa shape index (κ3) is 2.93. The van der Waals surface area contributed by atoms with Crippen molar-refractivity contribution in [1.82, 2.24) is 15.5 Å². The second kappa shape index (κ2) is 4.88. The molecule has 1 aromatic heterocycles. The average Bonchev–Trinajstić information content (AvgIpc) is 2.20. The SMILES string of the molecule is CN[C@@H](C)C(=O)Nc1ccc(Cl)nn1. The van der Waals surface area contributed by atoms with E-state index < -0.39 is 0 Å². The largest absolute Gasteiger partial charge is 0.309 e. The van der Waals surface area contributed by atoms with Gasteiger partial charge in [0.15, 0.2) is 11.0 Å². The summed E-state index contributed by atoms with van der Waals surface area (Å²) in [5, 5.41) is 13.0. The van der Waals surface area contributed by atoms with Crippen LogP contribution >= 0.6 is 11.6 Å². The van der Waals surface area contributed by atoms with Crippen LogP contribution < -0.4 is 10.6 Å². The molecular formula is C8H11ClN4O. The number of hydrogen-bond donors (Lipinski definition) is 2. The van der Waals surface area contributed by atoms with Crippen LogP contribution in [0.1, 0.15) is 6.92 Å². The van der Waals surface area contributed by atoms with E-state index in [-0.39, 0.29) is 11.9 Å². The standard InChI is InChI=1S/C8H11ClN4O/c1-5(10-2)8(14)11-7-4-3-6(9)12-13-7/h3-5,10H,1-2H3,(H,11,13,14)/t5-/m0/s1. The summed E-state index contributed by atoms with van der Waals surface area (Å²) in [5.41, 5.74) is 0. The molecule has 0 saturated carbocycles. The highest BCUT2D eigenvalue weighted by Gasteiger charge is 2.10. The van der Waals surface area contributed by atoms with E-state index in [0.717, 1.165) is 0 Å². The zero-order valence-corrected chi connectivity index (χ0v) is 8.67. The second-order valence-corrected chi connectivity index (χ2v) is 3.13. The Morgan fingerprint density at radius 3 is 2.71 bits per heavy atom. The molecule has 0 aliphatic rings. The molecular weight excluding hydrogens is 204 g/mol. The summed E-state index contributed by atoms with van der Waals surface area (Å²) in [6.07, 6.45) is 0. The van der Waals surface area contributed by atoms with Gasteiger partial charge in [0.25, 0.3) is 0 Å². The van der Waals surface area contributed by atoms with Gasteiger partial charge < -0.3 is 10.6 Å². The second-order valence-electron chi connectivity index (χ2n) is 2.74. The lowest BCUT2D eigenvalue weighted by molar-refractivity contribution is -0.117. The Hall–Kier alpha value is -1.20. The predicted octanol–water partition coefficient (Wildman–Crippen LogP) is 0.676. The third-order valence-electron chi connectivity index (χ3n) is 1.71. The highest BCUT2D eigenvalue weighted by atomic mass is 35.5. The molecule has 0 fully saturated rings. The highest BCUT2D eigenvalue weighted by molar-refractivity contribution is 6.29. The molecule has 1 aromatic rings. The van der Waals surface area contributed by atoms with Crippen LogP contribution in [-0.2, 0) is 4.79 Å².